The van der Waals surface area contributed by atoms with Crippen molar-refractivity contribution in [3.8, 4) is 0 Å². The first-order valence-electron chi connectivity index (χ1n) is 3.37. The van der Waals surface area contributed by atoms with E-state index in [2.05, 4.69) is 34.1 Å². The Bertz CT molecular complexity index is 392. The van der Waals surface area contributed by atoms with Gasteiger partial charge in [-0.15, -0.1) is 0 Å². The van der Waals surface area contributed by atoms with Crippen LogP contribution in [0.15, 0.2) is 24.5 Å². The van der Waals surface area contributed by atoms with E-state index in [1.807, 2.05) is 15.9 Å². The molecule has 0 fully saturated rings. The summed E-state index contributed by atoms with van der Waals surface area (Å²) < 4.78 is 1.98. The highest BCUT2D eigenvalue weighted by atomic mass is 79.9. The van der Waals surface area contributed by atoms with Crippen LogP contribution < -0.4 is 0 Å². The van der Waals surface area contributed by atoms with E-state index in [1.165, 1.54) is 11.1 Å². The van der Waals surface area contributed by atoms with Crippen molar-refractivity contribution in [1.82, 2.24) is 8.58 Å². The van der Waals surface area contributed by atoms with Crippen LogP contribution in [0.5, 0.6) is 0 Å². The molecule has 0 saturated heterocycles. The molecule has 3 heteroatoms. The molecule has 0 aromatic carbocycles. The Labute approximate surface area is 73.2 Å². The van der Waals surface area contributed by atoms with E-state index in [-0.39, 0.29) is 0 Å². The molecule has 2 heterocycles. The number of rotatable bonds is 0. The second-order valence-corrected chi connectivity index (χ2v) is 3.21. The van der Waals surface area contributed by atoms with Crippen LogP contribution in [0, 0.1) is 6.92 Å². The van der Waals surface area contributed by atoms with Crippen LogP contribution in [0.1, 0.15) is 5.69 Å². The van der Waals surface area contributed by atoms with E-state index < -0.39 is 0 Å². The van der Waals surface area contributed by atoms with Gasteiger partial charge in [0, 0.05) is 23.5 Å². The number of halogens is 1. The molecule has 0 N–H and O–H groups in total. The highest BCUT2D eigenvalue weighted by Crippen LogP contribution is 2.19. The van der Waals surface area contributed by atoms with Crippen LogP contribution in [0.2, 0.25) is 0 Å². The van der Waals surface area contributed by atoms with Gasteiger partial charge in [-0.25, -0.2) is 0 Å². The summed E-state index contributed by atoms with van der Waals surface area (Å²) in [7, 11) is 0. The molecule has 2 aromatic heterocycles. The third-order valence-corrected chi connectivity index (χ3v) is 2.65. The van der Waals surface area contributed by atoms with E-state index in [9.17, 15) is 0 Å². The number of aryl methyl sites for hydroxylation is 1. The molecule has 0 aliphatic rings. The number of pyridine rings is 1. The quantitative estimate of drug-likeness (QED) is 0.654. The fraction of sp³-hybridized carbons (Fsp3) is 0.125. The molecule has 0 unspecified atom stereocenters. The second-order valence-electron chi connectivity index (χ2n) is 2.50. The predicted octanol–water partition coefficient (Wildman–Crippen LogP) is 2.50. The third kappa shape index (κ3) is 0.959. The lowest BCUT2D eigenvalue weighted by atomic mass is 10.3. The zero-order valence-electron chi connectivity index (χ0n) is 6.08. The van der Waals surface area contributed by atoms with Crippen molar-refractivity contribution >= 4 is 27.1 Å². The third-order valence-electron chi connectivity index (χ3n) is 1.71. The summed E-state index contributed by atoms with van der Waals surface area (Å²) in [5.74, 6) is 0. The van der Waals surface area contributed by atoms with Crippen LogP contribution in [-0.2, 0) is 0 Å². The lowest BCUT2D eigenvalue weighted by Gasteiger charge is -1.92. The van der Waals surface area contributed by atoms with Crippen LogP contribution in [0.4, 0.5) is 0 Å². The molecule has 2 rings (SSSR count). The van der Waals surface area contributed by atoms with Crippen LogP contribution >= 0.6 is 16.1 Å². The van der Waals surface area contributed by atoms with E-state index in [4.69, 9.17) is 0 Å². The maximum absolute atomic E-state index is 4.03. The van der Waals surface area contributed by atoms with Gasteiger partial charge in [0.1, 0.15) is 0 Å². The first kappa shape index (κ1) is 6.85. The van der Waals surface area contributed by atoms with Gasteiger partial charge >= 0.3 is 0 Å². The van der Waals surface area contributed by atoms with Gasteiger partial charge in [-0.3, -0.25) is 8.58 Å². The minimum Gasteiger partial charge on any atom is -0.281 e. The Kier molecular flexibility index (Phi) is 1.46. The minimum atomic E-state index is 1.16. The van der Waals surface area contributed by atoms with Crippen LogP contribution in [0.25, 0.3) is 10.9 Å². The number of hydrogen-bond acceptors (Lipinski definition) is 1. The summed E-state index contributed by atoms with van der Waals surface area (Å²) >= 11 is 3.44. The van der Waals surface area contributed by atoms with Crippen LogP contribution in [0.3, 0.4) is 0 Å². The summed E-state index contributed by atoms with van der Waals surface area (Å²) in [5.41, 5.74) is 2.35. The lowest BCUT2D eigenvalue weighted by molar-refractivity contribution is 1.24. The molecule has 0 radical (unpaired) electrons. The summed E-state index contributed by atoms with van der Waals surface area (Å²) in [6.45, 7) is 2.05. The summed E-state index contributed by atoms with van der Waals surface area (Å²) in [4.78, 5) is 4.03. The van der Waals surface area contributed by atoms with Gasteiger partial charge in [-0.05, 0) is 19.1 Å². The Hall–Kier alpha value is -0.830. The summed E-state index contributed by atoms with van der Waals surface area (Å²) in [6.07, 6.45) is 3.65. The smallest absolute Gasteiger partial charge is 0.0625 e. The van der Waals surface area contributed by atoms with Crippen molar-refractivity contribution in [2.75, 3.05) is 0 Å². The Balaban J connectivity index is 2.92. The second kappa shape index (κ2) is 2.34. The van der Waals surface area contributed by atoms with Crippen molar-refractivity contribution in [2.45, 2.75) is 6.92 Å². The van der Waals surface area contributed by atoms with Crippen molar-refractivity contribution < 1.29 is 0 Å². The highest BCUT2D eigenvalue weighted by Gasteiger charge is 2.00. The number of hydrogen-bond donors (Lipinski definition) is 0. The molecular formula is C8H7BrN2. The number of fused-ring (bicyclic) bond motifs is 1. The predicted molar refractivity (Wildman–Crippen MR) is 48.8 cm³/mol. The fourth-order valence-corrected chi connectivity index (χ4v) is 1.59. The molecule has 0 atom stereocenters. The van der Waals surface area contributed by atoms with Gasteiger partial charge in [-0.1, -0.05) is 0 Å². The molecule has 0 aliphatic carbocycles. The molecule has 0 bridgehead atoms. The maximum Gasteiger partial charge on any atom is 0.0625 e. The Morgan fingerprint density at radius 1 is 1.55 bits per heavy atom. The largest absolute Gasteiger partial charge is 0.281 e. The highest BCUT2D eigenvalue weighted by molar-refractivity contribution is 9.08. The van der Waals surface area contributed by atoms with Gasteiger partial charge in [0.15, 0.2) is 0 Å². The van der Waals surface area contributed by atoms with E-state index in [0.717, 1.165) is 5.52 Å². The first-order valence-corrected chi connectivity index (χ1v) is 4.08. The van der Waals surface area contributed by atoms with E-state index in [0.29, 0.717) is 0 Å². The zero-order chi connectivity index (χ0) is 7.84. The van der Waals surface area contributed by atoms with Gasteiger partial charge in [0.25, 0.3) is 0 Å². The van der Waals surface area contributed by atoms with Gasteiger partial charge < -0.3 is 0 Å². The monoisotopic (exact) mass is 210 g/mol. The molecule has 0 aliphatic heterocycles. The minimum absolute atomic E-state index is 1.16. The van der Waals surface area contributed by atoms with Crippen molar-refractivity contribution in [2.24, 2.45) is 0 Å². The Morgan fingerprint density at radius 3 is 3.09 bits per heavy atom. The van der Waals surface area contributed by atoms with Gasteiger partial charge in [-0.2, -0.15) is 0 Å². The van der Waals surface area contributed by atoms with Crippen molar-refractivity contribution in [3.05, 3.63) is 30.2 Å². The molecule has 0 spiro atoms. The van der Waals surface area contributed by atoms with Crippen molar-refractivity contribution in [3.63, 3.8) is 0 Å². The van der Waals surface area contributed by atoms with Gasteiger partial charge in [0.05, 0.1) is 21.7 Å². The zero-order valence-corrected chi connectivity index (χ0v) is 7.67. The number of nitrogens with zero attached hydrogens (tertiary/aromatic N) is 2. The maximum atomic E-state index is 4.03. The molecular weight excluding hydrogens is 204 g/mol. The van der Waals surface area contributed by atoms with Crippen molar-refractivity contribution in [1.29, 1.82) is 0 Å². The number of aromatic nitrogens is 2. The molecule has 0 amide bonds. The average Bonchev–Trinajstić information content (AvgIpc) is 2.30. The summed E-state index contributed by atoms with van der Waals surface area (Å²) in [6, 6.07) is 4.08. The summed E-state index contributed by atoms with van der Waals surface area (Å²) in [5, 5.41) is 1.17. The molecule has 2 nitrogen and oxygen atoms in total. The molecule has 56 valence electrons. The van der Waals surface area contributed by atoms with Crippen LogP contribution in [-0.4, -0.2) is 8.58 Å². The standard InChI is InChI=1S/C8H7BrN2/c1-6-4-7-5-10-3-2-8(7)11(6)9/h2-5H,1H3. The molecule has 2 aromatic rings. The van der Waals surface area contributed by atoms with E-state index in [1.54, 1.807) is 6.20 Å². The molecule has 11 heavy (non-hydrogen) atoms. The fourth-order valence-electron chi connectivity index (χ4n) is 1.16. The van der Waals surface area contributed by atoms with Gasteiger partial charge in [0.2, 0.25) is 0 Å². The van der Waals surface area contributed by atoms with E-state index >= 15 is 0 Å². The lowest BCUT2D eigenvalue weighted by Crippen LogP contribution is -1.79. The topological polar surface area (TPSA) is 17.8 Å². The first-order chi connectivity index (χ1) is 5.29. The Morgan fingerprint density at radius 2 is 2.36 bits per heavy atom. The normalized spacial score (nSPS) is 10.7. The SMILES string of the molecule is Cc1cc2cnccc2n1Br. The molecule has 0 saturated carbocycles. The average molecular weight is 211 g/mol.